The molecule has 1 unspecified atom stereocenters. The van der Waals surface area contributed by atoms with E-state index in [0.29, 0.717) is 11.4 Å². The fourth-order valence-electron chi connectivity index (χ4n) is 1.11. The van der Waals surface area contributed by atoms with Crippen molar-refractivity contribution in [1.29, 1.82) is 0 Å². The topological polar surface area (TPSA) is 0 Å². The van der Waals surface area contributed by atoms with E-state index in [9.17, 15) is 13.2 Å². The molecule has 0 spiro atoms. The van der Waals surface area contributed by atoms with Gasteiger partial charge in [0.2, 0.25) is 0 Å². The average Bonchev–Trinajstić information content (AvgIpc) is 2.15. The van der Waals surface area contributed by atoms with Crippen molar-refractivity contribution in [3.63, 3.8) is 0 Å². The summed E-state index contributed by atoms with van der Waals surface area (Å²) in [6.07, 6.45) is -4.28. The highest BCUT2D eigenvalue weighted by Crippen LogP contribution is 2.31. The summed E-state index contributed by atoms with van der Waals surface area (Å²) in [5.41, 5.74) is 0.00166. The first-order valence-corrected chi connectivity index (χ1v) is 4.71. The molecule has 0 N–H and O–H groups in total. The first-order valence-electron chi connectivity index (χ1n) is 4.18. The number of halogens is 4. The summed E-state index contributed by atoms with van der Waals surface area (Å²) in [7, 11) is 0. The Morgan fingerprint density at radius 3 is 2.50 bits per heavy atom. The molecule has 0 aliphatic rings. The third-order valence-corrected chi connectivity index (χ3v) is 2.48. The van der Waals surface area contributed by atoms with Gasteiger partial charge in [-0.2, -0.15) is 13.2 Å². The van der Waals surface area contributed by atoms with Crippen molar-refractivity contribution >= 4 is 11.6 Å². The Morgan fingerprint density at radius 1 is 1.36 bits per heavy atom. The van der Waals surface area contributed by atoms with E-state index in [0.717, 1.165) is 12.1 Å². The van der Waals surface area contributed by atoms with E-state index in [1.54, 1.807) is 13.0 Å². The van der Waals surface area contributed by atoms with Gasteiger partial charge in [0.25, 0.3) is 0 Å². The van der Waals surface area contributed by atoms with Crippen molar-refractivity contribution in [2.75, 3.05) is 5.88 Å². The molecule has 0 saturated carbocycles. The second-order valence-corrected chi connectivity index (χ2v) is 3.49. The van der Waals surface area contributed by atoms with Gasteiger partial charge in [0.15, 0.2) is 0 Å². The van der Waals surface area contributed by atoms with Crippen LogP contribution in [0.1, 0.15) is 24.0 Å². The molecular formula is C10H10ClF3. The molecule has 0 heterocycles. The molecule has 0 aliphatic heterocycles. The summed E-state index contributed by atoms with van der Waals surface area (Å²) in [5.74, 6) is 0.264. The Labute approximate surface area is 85.7 Å². The molecule has 1 aromatic rings. The van der Waals surface area contributed by atoms with E-state index >= 15 is 0 Å². The predicted octanol–water partition coefficient (Wildman–Crippen LogP) is 4.05. The summed E-state index contributed by atoms with van der Waals surface area (Å²) in [6.45, 7) is 1.79. The average molecular weight is 223 g/mol. The standard InChI is InChI=1S/C10H10ClF3/c1-7(6-11)8-3-2-4-9(5-8)10(12,13)14/h2-5,7H,6H2,1H3. The minimum Gasteiger partial charge on any atom is -0.166 e. The van der Waals surface area contributed by atoms with Crippen LogP contribution >= 0.6 is 11.6 Å². The number of rotatable bonds is 2. The summed E-state index contributed by atoms with van der Waals surface area (Å²) >= 11 is 5.57. The first kappa shape index (κ1) is 11.4. The normalized spacial score (nSPS) is 14.1. The summed E-state index contributed by atoms with van der Waals surface area (Å²) in [5, 5.41) is 0. The van der Waals surface area contributed by atoms with Crippen molar-refractivity contribution in [1.82, 2.24) is 0 Å². The Morgan fingerprint density at radius 2 is 2.00 bits per heavy atom. The molecule has 0 amide bonds. The fourth-order valence-corrected chi connectivity index (χ4v) is 1.29. The zero-order valence-electron chi connectivity index (χ0n) is 7.61. The third-order valence-electron chi connectivity index (χ3n) is 2.01. The van der Waals surface area contributed by atoms with Crippen LogP contribution < -0.4 is 0 Å². The van der Waals surface area contributed by atoms with Gasteiger partial charge in [0.05, 0.1) is 5.56 Å². The van der Waals surface area contributed by atoms with Gasteiger partial charge in [0, 0.05) is 5.88 Å². The highest BCUT2D eigenvalue weighted by molar-refractivity contribution is 6.18. The van der Waals surface area contributed by atoms with E-state index in [1.165, 1.54) is 6.07 Å². The van der Waals surface area contributed by atoms with Crippen LogP contribution in [0.2, 0.25) is 0 Å². The molecule has 0 bridgehead atoms. The van der Waals surface area contributed by atoms with Crippen LogP contribution in [0.4, 0.5) is 13.2 Å². The van der Waals surface area contributed by atoms with Gasteiger partial charge in [-0.25, -0.2) is 0 Å². The van der Waals surface area contributed by atoms with Gasteiger partial charge in [-0.1, -0.05) is 25.1 Å². The molecule has 0 nitrogen and oxygen atoms in total. The zero-order valence-corrected chi connectivity index (χ0v) is 8.36. The first-order chi connectivity index (χ1) is 6.45. The minimum absolute atomic E-state index is 0.0565. The number of alkyl halides is 4. The van der Waals surface area contributed by atoms with Crippen molar-refractivity contribution in [2.24, 2.45) is 0 Å². The van der Waals surface area contributed by atoms with Crippen LogP contribution in [-0.2, 0) is 6.18 Å². The largest absolute Gasteiger partial charge is 0.416 e. The second-order valence-electron chi connectivity index (χ2n) is 3.18. The van der Waals surface area contributed by atoms with Crippen molar-refractivity contribution in [3.8, 4) is 0 Å². The molecule has 1 aromatic carbocycles. The quantitative estimate of drug-likeness (QED) is 0.663. The van der Waals surface area contributed by atoms with Crippen molar-refractivity contribution in [3.05, 3.63) is 35.4 Å². The smallest absolute Gasteiger partial charge is 0.166 e. The summed E-state index contributed by atoms with van der Waals surface area (Å²) in [6, 6.07) is 5.26. The van der Waals surface area contributed by atoms with Crippen LogP contribution in [0.25, 0.3) is 0 Å². The molecule has 1 atom stereocenters. The molecule has 0 radical (unpaired) electrons. The van der Waals surface area contributed by atoms with E-state index in [1.807, 2.05) is 0 Å². The lowest BCUT2D eigenvalue weighted by Crippen LogP contribution is -2.06. The minimum atomic E-state index is -4.28. The lowest BCUT2D eigenvalue weighted by molar-refractivity contribution is -0.137. The molecule has 4 heteroatoms. The summed E-state index contributed by atoms with van der Waals surface area (Å²) < 4.78 is 36.9. The van der Waals surface area contributed by atoms with Gasteiger partial charge < -0.3 is 0 Å². The zero-order chi connectivity index (χ0) is 10.8. The van der Waals surface area contributed by atoms with Gasteiger partial charge >= 0.3 is 6.18 Å². The molecule has 0 fully saturated rings. The predicted molar refractivity (Wildman–Crippen MR) is 50.6 cm³/mol. The monoisotopic (exact) mass is 222 g/mol. The van der Waals surface area contributed by atoms with Gasteiger partial charge in [-0.3, -0.25) is 0 Å². The lowest BCUT2D eigenvalue weighted by atomic mass is 10.0. The van der Waals surface area contributed by atoms with Crippen LogP contribution in [0, 0.1) is 0 Å². The van der Waals surface area contributed by atoms with E-state index in [-0.39, 0.29) is 5.92 Å². The highest BCUT2D eigenvalue weighted by atomic mass is 35.5. The molecule has 78 valence electrons. The third kappa shape index (κ3) is 2.64. The van der Waals surface area contributed by atoms with Crippen LogP contribution in [-0.4, -0.2) is 5.88 Å². The van der Waals surface area contributed by atoms with Crippen LogP contribution in [0.5, 0.6) is 0 Å². The van der Waals surface area contributed by atoms with Crippen LogP contribution in [0.15, 0.2) is 24.3 Å². The molecule has 0 saturated heterocycles. The Kier molecular flexibility index (Phi) is 3.43. The van der Waals surface area contributed by atoms with Gasteiger partial charge in [-0.15, -0.1) is 11.6 Å². The van der Waals surface area contributed by atoms with Gasteiger partial charge in [-0.05, 0) is 17.5 Å². The maximum Gasteiger partial charge on any atom is 0.416 e. The van der Waals surface area contributed by atoms with Crippen molar-refractivity contribution < 1.29 is 13.2 Å². The van der Waals surface area contributed by atoms with E-state index < -0.39 is 11.7 Å². The van der Waals surface area contributed by atoms with Gasteiger partial charge in [0.1, 0.15) is 0 Å². The lowest BCUT2D eigenvalue weighted by Gasteiger charge is -2.11. The van der Waals surface area contributed by atoms with Crippen LogP contribution in [0.3, 0.4) is 0 Å². The highest BCUT2D eigenvalue weighted by Gasteiger charge is 2.30. The SMILES string of the molecule is CC(CCl)c1cccc(C(F)(F)F)c1. The Bertz CT molecular complexity index is 306. The number of hydrogen-bond acceptors (Lipinski definition) is 0. The second kappa shape index (κ2) is 4.22. The van der Waals surface area contributed by atoms with E-state index in [4.69, 9.17) is 11.6 Å². The maximum atomic E-state index is 12.3. The molecule has 0 aromatic heterocycles. The Hall–Kier alpha value is -0.700. The maximum absolute atomic E-state index is 12.3. The molecule has 14 heavy (non-hydrogen) atoms. The summed E-state index contributed by atoms with van der Waals surface area (Å²) in [4.78, 5) is 0. The number of hydrogen-bond donors (Lipinski definition) is 0. The number of benzene rings is 1. The molecular weight excluding hydrogens is 213 g/mol. The Balaban J connectivity index is 3.01. The van der Waals surface area contributed by atoms with E-state index in [2.05, 4.69) is 0 Å². The van der Waals surface area contributed by atoms with Crippen molar-refractivity contribution in [2.45, 2.75) is 19.0 Å². The molecule has 0 aliphatic carbocycles. The fraction of sp³-hybridized carbons (Fsp3) is 0.400. The molecule has 1 rings (SSSR count).